The van der Waals surface area contributed by atoms with Crippen molar-refractivity contribution in [2.75, 3.05) is 32.4 Å². The molecule has 130 valence electrons. The number of hydrogen-bond acceptors (Lipinski definition) is 6. The second-order valence-electron chi connectivity index (χ2n) is 5.61. The lowest BCUT2D eigenvalue weighted by Gasteiger charge is -2.33. The van der Waals surface area contributed by atoms with Gasteiger partial charge in [-0.15, -0.1) is 11.3 Å². The van der Waals surface area contributed by atoms with Crippen LogP contribution in [-0.2, 0) is 0 Å². The number of hydrogen-bond donors (Lipinski definition) is 2. The number of aromatic nitrogens is 4. The number of nitrogens with zero attached hydrogens (tertiary/aromatic N) is 5. The van der Waals surface area contributed by atoms with Crippen LogP contribution in [0.1, 0.15) is 31.0 Å². The van der Waals surface area contributed by atoms with Gasteiger partial charge >= 0.3 is 0 Å². The lowest BCUT2D eigenvalue weighted by atomic mass is 9.96. The molecule has 9 heteroatoms. The summed E-state index contributed by atoms with van der Waals surface area (Å²) in [5.74, 6) is 3.57. The number of aromatic amines is 1. The van der Waals surface area contributed by atoms with Crippen molar-refractivity contribution in [3.63, 3.8) is 0 Å². The summed E-state index contributed by atoms with van der Waals surface area (Å²) in [4.78, 5) is 15.3. The predicted molar refractivity (Wildman–Crippen MR) is 98.7 cm³/mol. The summed E-state index contributed by atoms with van der Waals surface area (Å²) in [6.07, 6.45) is 6.70. The van der Waals surface area contributed by atoms with E-state index in [0.717, 1.165) is 60.8 Å². The first kappa shape index (κ1) is 17.2. The van der Waals surface area contributed by atoms with Gasteiger partial charge in [0.1, 0.15) is 16.5 Å². The minimum atomic E-state index is 0.483. The molecule has 0 radical (unpaired) electrons. The van der Waals surface area contributed by atoms with Crippen LogP contribution in [0.4, 0.5) is 0 Å². The summed E-state index contributed by atoms with van der Waals surface area (Å²) < 4.78 is 1.15. The molecule has 3 rings (SSSR count). The van der Waals surface area contributed by atoms with Gasteiger partial charge in [-0.05, 0) is 19.3 Å². The van der Waals surface area contributed by atoms with Gasteiger partial charge in [0.2, 0.25) is 0 Å². The average molecular weight is 366 g/mol. The molecule has 0 aliphatic carbocycles. The van der Waals surface area contributed by atoms with Crippen molar-refractivity contribution in [3.05, 3.63) is 23.7 Å². The number of aliphatic imine (C=N–C) groups is 1. The molecule has 1 aliphatic heterocycles. The first-order valence-electron chi connectivity index (χ1n) is 8.20. The van der Waals surface area contributed by atoms with Gasteiger partial charge in [-0.3, -0.25) is 10.1 Å². The summed E-state index contributed by atoms with van der Waals surface area (Å²) in [5.41, 5.74) is 0. The highest BCUT2D eigenvalue weighted by molar-refractivity contribution is 8.00. The maximum Gasteiger partial charge on any atom is 0.193 e. The van der Waals surface area contributed by atoms with E-state index in [2.05, 4.69) is 35.4 Å². The van der Waals surface area contributed by atoms with Gasteiger partial charge < -0.3 is 10.2 Å². The molecule has 0 unspecified atom stereocenters. The van der Waals surface area contributed by atoms with Gasteiger partial charge in [-0.2, -0.15) is 5.10 Å². The van der Waals surface area contributed by atoms with Crippen molar-refractivity contribution in [2.45, 2.75) is 29.5 Å². The minimum absolute atomic E-state index is 0.483. The quantitative estimate of drug-likeness (QED) is 0.353. The molecule has 2 aromatic heterocycles. The fourth-order valence-electron chi connectivity index (χ4n) is 2.82. The SMILES string of the molecule is CN=C(NCCCSc1nccs1)N1CCC(c2ncn[nH]2)CC1. The number of likely N-dealkylation sites (tertiary alicyclic amines) is 1. The zero-order valence-electron chi connectivity index (χ0n) is 13.8. The van der Waals surface area contributed by atoms with E-state index < -0.39 is 0 Å². The Kier molecular flexibility index (Phi) is 6.48. The average Bonchev–Trinajstić information content (AvgIpc) is 3.32. The Balaban J connectivity index is 1.36. The maximum atomic E-state index is 4.43. The Morgan fingerprint density at radius 3 is 3.00 bits per heavy atom. The fraction of sp³-hybridized carbons (Fsp3) is 0.600. The van der Waals surface area contributed by atoms with E-state index in [9.17, 15) is 0 Å². The maximum absolute atomic E-state index is 4.43. The molecule has 1 fully saturated rings. The lowest BCUT2D eigenvalue weighted by molar-refractivity contribution is 0.299. The number of piperidine rings is 1. The molecule has 2 aromatic rings. The monoisotopic (exact) mass is 365 g/mol. The van der Waals surface area contributed by atoms with Gasteiger partial charge in [-0.25, -0.2) is 9.97 Å². The smallest absolute Gasteiger partial charge is 0.193 e. The normalized spacial score (nSPS) is 16.5. The first-order chi connectivity index (χ1) is 11.9. The Bertz CT molecular complexity index is 604. The number of guanidine groups is 1. The van der Waals surface area contributed by atoms with E-state index in [4.69, 9.17) is 0 Å². The van der Waals surface area contributed by atoms with Crippen LogP contribution in [0.3, 0.4) is 0 Å². The number of thiazole rings is 1. The second kappa shape index (κ2) is 9.03. The van der Waals surface area contributed by atoms with Gasteiger partial charge in [0.25, 0.3) is 0 Å². The summed E-state index contributed by atoms with van der Waals surface area (Å²) >= 11 is 3.52. The van der Waals surface area contributed by atoms with Crippen LogP contribution in [0, 0.1) is 0 Å². The number of nitrogens with one attached hydrogen (secondary N) is 2. The fourth-order valence-corrected chi connectivity index (χ4v) is 4.47. The third kappa shape index (κ3) is 4.70. The molecule has 0 saturated carbocycles. The second-order valence-corrected chi connectivity index (χ2v) is 7.84. The minimum Gasteiger partial charge on any atom is -0.356 e. The van der Waals surface area contributed by atoms with Crippen LogP contribution in [0.2, 0.25) is 0 Å². The van der Waals surface area contributed by atoms with E-state index in [1.807, 2.05) is 30.4 Å². The topological polar surface area (TPSA) is 82.1 Å². The molecule has 3 heterocycles. The Hall–Kier alpha value is -1.61. The van der Waals surface area contributed by atoms with Crippen LogP contribution in [0.15, 0.2) is 27.2 Å². The number of H-pyrrole nitrogens is 1. The van der Waals surface area contributed by atoms with Crippen molar-refractivity contribution < 1.29 is 0 Å². The number of thioether (sulfide) groups is 1. The van der Waals surface area contributed by atoms with Crippen molar-refractivity contribution in [1.29, 1.82) is 0 Å². The molecule has 1 aliphatic rings. The van der Waals surface area contributed by atoms with Gasteiger partial charge in [0.15, 0.2) is 5.96 Å². The summed E-state index contributed by atoms with van der Waals surface area (Å²) in [6.45, 7) is 2.94. The predicted octanol–water partition coefficient (Wildman–Crippen LogP) is 2.20. The van der Waals surface area contributed by atoms with Crippen molar-refractivity contribution in [3.8, 4) is 0 Å². The standard InChI is InChI=1S/C15H23N7S2/c1-16-14(17-5-2-9-23-15-18-6-10-24-15)22-7-3-12(4-8-22)13-19-11-20-21-13/h6,10-12H,2-5,7-9H2,1H3,(H,16,17)(H,19,20,21). The molecular formula is C15H23N7S2. The largest absolute Gasteiger partial charge is 0.356 e. The van der Waals surface area contributed by atoms with E-state index >= 15 is 0 Å². The molecule has 0 bridgehead atoms. The van der Waals surface area contributed by atoms with Crippen molar-refractivity contribution >= 4 is 29.1 Å². The van der Waals surface area contributed by atoms with Crippen LogP contribution in [-0.4, -0.2) is 63.5 Å². The molecule has 2 N–H and O–H groups in total. The molecule has 0 amide bonds. The van der Waals surface area contributed by atoms with Crippen LogP contribution in [0.5, 0.6) is 0 Å². The summed E-state index contributed by atoms with van der Waals surface area (Å²) in [5, 5.41) is 12.4. The summed E-state index contributed by atoms with van der Waals surface area (Å²) in [6, 6.07) is 0. The Morgan fingerprint density at radius 1 is 1.46 bits per heavy atom. The van der Waals surface area contributed by atoms with Gasteiger partial charge in [0, 0.05) is 49.9 Å². The Morgan fingerprint density at radius 2 is 2.33 bits per heavy atom. The molecule has 7 nitrogen and oxygen atoms in total. The third-order valence-corrected chi connectivity index (χ3v) is 6.12. The molecule has 24 heavy (non-hydrogen) atoms. The first-order valence-corrected chi connectivity index (χ1v) is 10.1. The highest BCUT2D eigenvalue weighted by Gasteiger charge is 2.24. The molecular weight excluding hydrogens is 342 g/mol. The van der Waals surface area contributed by atoms with E-state index in [1.165, 1.54) is 0 Å². The van der Waals surface area contributed by atoms with E-state index in [-0.39, 0.29) is 0 Å². The van der Waals surface area contributed by atoms with E-state index in [1.54, 1.807) is 17.7 Å². The zero-order valence-corrected chi connectivity index (χ0v) is 15.4. The van der Waals surface area contributed by atoms with Crippen molar-refractivity contribution in [2.24, 2.45) is 4.99 Å². The van der Waals surface area contributed by atoms with Crippen LogP contribution in [0.25, 0.3) is 0 Å². The Labute approximate surface area is 150 Å². The van der Waals surface area contributed by atoms with Gasteiger partial charge in [0.05, 0.1) is 0 Å². The molecule has 0 spiro atoms. The van der Waals surface area contributed by atoms with E-state index in [0.29, 0.717) is 5.92 Å². The third-order valence-electron chi connectivity index (χ3n) is 4.07. The summed E-state index contributed by atoms with van der Waals surface area (Å²) in [7, 11) is 1.86. The molecule has 0 aromatic carbocycles. The molecule has 0 atom stereocenters. The lowest BCUT2D eigenvalue weighted by Crippen LogP contribution is -2.45. The zero-order chi connectivity index (χ0) is 16.6. The van der Waals surface area contributed by atoms with Crippen LogP contribution < -0.4 is 5.32 Å². The number of rotatable bonds is 6. The van der Waals surface area contributed by atoms with Crippen molar-refractivity contribution in [1.82, 2.24) is 30.4 Å². The molecule has 1 saturated heterocycles. The highest BCUT2D eigenvalue weighted by atomic mass is 32.2. The van der Waals surface area contributed by atoms with Gasteiger partial charge in [-0.1, -0.05) is 11.8 Å². The van der Waals surface area contributed by atoms with Crippen LogP contribution >= 0.6 is 23.1 Å². The highest BCUT2D eigenvalue weighted by Crippen LogP contribution is 2.25.